The van der Waals surface area contributed by atoms with Crippen LogP contribution >= 0.6 is 0 Å². The van der Waals surface area contributed by atoms with Crippen LogP contribution in [0.4, 0.5) is 0 Å². The fourth-order valence-corrected chi connectivity index (χ4v) is 7.14. The number of hydrogen-bond donors (Lipinski definition) is 0. The van der Waals surface area contributed by atoms with Crippen LogP contribution in [-0.2, 0) is 0 Å². The smallest absolute Gasteiger partial charge is 0.0346 e. The molecule has 0 bridgehead atoms. The third-order valence-corrected chi connectivity index (χ3v) is 9.21. The molecule has 0 radical (unpaired) electrons. The minimum atomic E-state index is 1.08. The van der Waals surface area contributed by atoms with E-state index in [1.165, 1.54) is 65.3 Å². The Hall–Kier alpha value is -6.12. The standard InChI is InChI=1S/C44H28N2/c1-2-13-35-31(10-1)26-42(37-15-4-3-14-36(35)37)44-40-18-7-5-16-38(40)43(39-17-6-8-19-41(39)44)32-12-9-11-30(24-32)34-25-33(27-46-28-34)29-20-22-45-23-21-29/h1-28H. The second kappa shape index (κ2) is 10.8. The van der Waals surface area contributed by atoms with Crippen LogP contribution in [-0.4, -0.2) is 9.97 Å². The molecule has 2 aromatic heterocycles. The summed E-state index contributed by atoms with van der Waals surface area (Å²) >= 11 is 0. The zero-order valence-corrected chi connectivity index (χ0v) is 25.1. The van der Waals surface area contributed by atoms with E-state index in [0.29, 0.717) is 0 Å². The minimum absolute atomic E-state index is 1.08. The molecule has 0 aliphatic carbocycles. The van der Waals surface area contributed by atoms with Crippen molar-refractivity contribution in [3.05, 3.63) is 170 Å². The van der Waals surface area contributed by atoms with Gasteiger partial charge in [0.15, 0.2) is 0 Å². The SMILES string of the molecule is c1cc(-c2cncc(-c3ccncc3)c2)cc(-c2c3ccccc3c(-c3cc4ccccc4c4ccccc34)c3ccccc23)c1. The van der Waals surface area contributed by atoms with Crippen molar-refractivity contribution in [3.63, 3.8) is 0 Å². The van der Waals surface area contributed by atoms with Gasteiger partial charge in [-0.3, -0.25) is 9.97 Å². The van der Waals surface area contributed by atoms with Crippen LogP contribution < -0.4 is 0 Å². The molecule has 9 aromatic rings. The van der Waals surface area contributed by atoms with Crippen molar-refractivity contribution < 1.29 is 0 Å². The molecule has 0 unspecified atom stereocenters. The summed E-state index contributed by atoms with van der Waals surface area (Å²) in [6.45, 7) is 0. The lowest BCUT2D eigenvalue weighted by atomic mass is 9.83. The zero-order valence-electron chi connectivity index (χ0n) is 25.1. The van der Waals surface area contributed by atoms with E-state index in [2.05, 4.69) is 143 Å². The van der Waals surface area contributed by atoms with Crippen LogP contribution in [0.3, 0.4) is 0 Å². The summed E-state index contributed by atoms with van der Waals surface area (Å²) in [6, 6.07) is 52.9. The van der Waals surface area contributed by atoms with Gasteiger partial charge in [-0.25, -0.2) is 0 Å². The maximum Gasteiger partial charge on any atom is 0.0346 e. The number of fused-ring (bicyclic) bond motifs is 5. The Bertz CT molecular complexity index is 2530. The minimum Gasteiger partial charge on any atom is -0.265 e. The van der Waals surface area contributed by atoms with Gasteiger partial charge in [0.05, 0.1) is 0 Å². The molecule has 46 heavy (non-hydrogen) atoms. The Kier molecular flexibility index (Phi) is 6.17. The van der Waals surface area contributed by atoms with E-state index in [-0.39, 0.29) is 0 Å². The summed E-state index contributed by atoms with van der Waals surface area (Å²) in [7, 11) is 0. The maximum atomic E-state index is 4.61. The highest BCUT2D eigenvalue weighted by Gasteiger charge is 2.19. The summed E-state index contributed by atoms with van der Waals surface area (Å²) < 4.78 is 0. The van der Waals surface area contributed by atoms with Gasteiger partial charge < -0.3 is 0 Å². The van der Waals surface area contributed by atoms with Crippen molar-refractivity contribution in [2.75, 3.05) is 0 Å². The third kappa shape index (κ3) is 4.27. The molecule has 0 atom stereocenters. The maximum absolute atomic E-state index is 4.61. The van der Waals surface area contributed by atoms with Crippen molar-refractivity contribution >= 4 is 43.1 Å². The molecule has 0 amide bonds. The van der Waals surface area contributed by atoms with Crippen molar-refractivity contribution in [1.29, 1.82) is 0 Å². The second-order valence-electron chi connectivity index (χ2n) is 11.8. The predicted octanol–water partition coefficient (Wildman–Crippen LogP) is 11.8. The quantitative estimate of drug-likeness (QED) is 0.152. The van der Waals surface area contributed by atoms with Crippen LogP contribution in [0, 0.1) is 0 Å². The number of nitrogens with zero attached hydrogens (tertiary/aromatic N) is 2. The molecule has 0 spiro atoms. The summed E-state index contributed by atoms with van der Waals surface area (Å²) in [5.74, 6) is 0. The number of rotatable bonds is 4. The highest BCUT2D eigenvalue weighted by molar-refractivity contribution is 6.25. The van der Waals surface area contributed by atoms with E-state index >= 15 is 0 Å². The molecule has 0 aliphatic rings. The van der Waals surface area contributed by atoms with E-state index in [4.69, 9.17) is 0 Å². The highest BCUT2D eigenvalue weighted by atomic mass is 14.6. The van der Waals surface area contributed by atoms with Crippen molar-refractivity contribution in [1.82, 2.24) is 9.97 Å². The van der Waals surface area contributed by atoms with Gasteiger partial charge >= 0.3 is 0 Å². The first-order valence-electron chi connectivity index (χ1n) is 15.6. The van der Waals surface area contributed by atoms with Crippen LogP contribution in [0.5, 0.6) is 0 Å². The molecule has 7 aromatic carbocycles. The fraction of sp³-hybridized carbons (Fsp3) is 0. The lowest BCUT2D eigenvalue weighted by Crippen LogP contribution is -1.92. The number of pyridine rings is 2. The normalized spacial score (nSPS) is 11.5. The molecule has 0 fully saturated rings. The number of benzene rings is 7. The average Bonchev–Trinajstić information content (AvgIpc) is 3.14. The van der Waals surface area contributed by atoms with Gasteiger partial charge in [0.2, 0.25) is 0 Å². The molecule has 2 nitrogen and oxygen atoms in total. The molecule has 214 valence electrons. The molecule has 0 N–H and O–H groups in total. The van der Waals surface area contributed by atoms with Gasteiger partial charge in [-0.2, -0.15) is 0 Å². The van der Waals surface area contributed by atoms with Crippen LogP contribution in [0.2, 0.25) is 0 Å². The monoisotopic (exact) mass is 584 g/mol. The summed E-state index contributed by atoms with van der Waals surface area (Å²) in [5.41, 5.74) is 9.39. The number of aromatic nitrogens is 2. The van der Waals surface area contributed by atoms with Gasteiger partial charge in [-0.15, -0.1) is 0 Å². The van der Waals surface area contributed by atoms with Gasteiger partial charge in [0, 0.05) is 35.9 Å². The van der Waals surface area contributed by atoms with E-state index in [0.717, 1.165) is 22.3 Å². The molecular weight excluding hydrogens is 556 g/mol. The first-order chi connectivity index (χ1) is 22.8. The van der Waals surface area contributed by atoms with Gasteiger partial charge in [0.1, 0.15) is 0 Å². The van der Waals surface area contributed by atoms with Gasteiger partial charge in [-0.1, -0.05) is 115 Å². The Morgan fingerprint density at radius 2 is 0.826 bits per heavy atom. The second-order valence-corrected chi connectivity index (χ2v) is 11.8. The predicted molar refractivity (Wildman–Crippen MR) is 194 cm³/mol. The average molecular weight is 585 g/mol. The fourth-order valence-electron chi connectivity index (χ4n) is 7.14. The largest absolute Gasteiger partial charge is 0.265 e. The third-order valence-electron chi connectivity index (χ3n) is 9.21. The molecule has 2 heterocycles. The van der Waals surface area contributed by atoms with Crippen molar-refractivity contribution in [3.8, 4) is 44.5 Å². The van der Waals surface area contributed by atoms with E-state index in [9.17, 15) is 0 Å². The highest BCUT2D eigenvalue weighted by Crippen LogP contribution is 2.46. The molecule has 2 heteroatoms. The summed E-state index contributed by atoms with van der Waals surface area (Å²) in [5, 5.41) is 10.1. The van der Waals surface area contributed by atoms with Gasteiger partial charge in [-0.05, 0) is 107 Å². The summed E-state index contributed by atoms with van der Waals surface area (Å²) in [4.78, 5) is 8.79. The van der Waals surface area contributed by atoms with Crippen LogP contribution in [0.1, 0.15) is 0 Å². The Morgan fingerprint density at radius 1 is 0.304 bits per heavy atom. The first kappa shape index (κ1) is 26.3. The Morgan fingerprint density at radius 3 is 1.52 bits per heavy atom. The zero-order chi connectivity index (χ0) is 30.5. The van der Waals surface area contributed by atoms with Crippen molar-refractivity contribution in [2.24, 2.45) is 0 Å². The summed E-state index contributed by atoms with van der Waals surface area (Å²) in [6.07, 6.45) is 7.51. The number of hydrogen-bond acceptors (Lipinski definition) is 2. The Balaban J connectivity index is 1.31. The molecular formula is C44H28N2. The Labute approximate surface area is 267 Å². The van der Waals surface area contributed by atoms with E-state index < -0.39 is 0 Å². The van der Waals surface area contributed by atoms with Crippen molar-refractivity contribution in [2.45, 2.75) is 0 Å². The van der Waals surface area contributed by atoms with E-state index in [1.807, 2.05) is 36.9 Å². The van der Waals surface area contributed by atoms with Crippen LogP contribution in [0.15, 0.2) is 170 Å². The molecule has 0 aliphatic heterocycles. The molecule has 0 saturated heterocycles. The lowest BCUT2D eigenvalue weighted by Gasteiger charge is -2.20. The lowest BCUT2D eigenvalue weighted by molar-refractivity contribution is 1.30. The van der Waals surface area contributed by atoms with Crippen LogP contribution in [0.25, 0.3) is 87.6 Å². The van der Waals surface area contributed by atoms with Gasteiger partial charge in [0.25, 0.3) is 0 Å². The molecule has 9 rings (SSSR count). The first-order valence-corrected chi connectivity index (χ1v) is 15.6. The van der Waals surface area contributed by atoms with E-state index in [1.54, 1.807) is 0 Å². The molecule has 0 saturated carbocycles. The topological polar surface area (TPSA) is 25.8 Å².